The Morgan fingerprint density at radius 2 is 1.19 bits per heavy atom. The van der Waals surface area contributed by atoms with Crippen LogP contribution in [0.1, 0.15) is 84.3 Å². The maximum atomic E-state index is 14.9. The number of carbonyl (C=O) groups is 7. The van der Waals surface area contributed by atoms with Gasteiger partial charge in [-0.2, -0.15) is 31.6 Å². The molecule has 1 fully saturated rings. The van der Waals surface area contributed by atoms with Crippen LogP contribution in [0.5, 0.6) is 0 Å². The number of ether oxygens (including phenoxy) is 1. The third-order valence-corrected chi connectivity index (χ3v) is 12.8. The minimum atomic E-state index is -5.11. The first kappa shape index (κ1) is 58.4. The van der Waals surface area contributed by atoms with Crippen molar-refractivity contribution in [2.24, 2.45) is 11.8 Å². The van der Waals surface area contributed by atoms with Crippen molar-refractivity contribution >= 4 is 68.2 Å². The molecule has 23 heteroatoms. The number of hydrogen-bond donors (Lipinski definition) is 3. The molecule has 7 atom stereocenters. The fraction of sp³-hybridized carbons (Fsp3) is 0.551. The van der Waals surface area contributed by atoms with E-state index >= 15 is 0 Å². The number of alkyl halides is 6. The van der Waals surface area contributed by atoms with E-state index in [2.05, 4.69) is 26.6 Å². The zero-order valence-electron chi connectivity index (χ0n) is 41.2. The van der Waals surface area contributed by atoms with Crippen molar-refractivity contribution in [3.05, 3.63) is 70.3 Å². The Morgan fingerprint density at radius 3 is 1.75 bits per heavy atom. The molecule has 1 aliphatic rings. The summed E-state index contributed by atoms with van der Waals surface area (Å²) in [5.74, 6) is -9.68. The summed E-state index contributed by atoms with van der Waals surface area (Å²) in [7, 11) is 3.15. The average Bonchev–Trinajstić information content (AvgIpc) is 3.64. The zero-order valence-corrected chi connectivity index (χ0v) is 42.8. The molecular weight excluding hydrogens is 1020 g/mol. The van der Waals surface area contributed by atoms with Gasteiger partial charge in [-0.25, -0.2) is 4.79 Å². The van der Waals surface area contributed by atoms with Crippen LogP contribution in [0.25, 0.3) is 10.9 Å². The number of fused-ring (bicyclic) bond motifs is 1. The molecule has 4 rings (SSSR count). The number of likely N-dealkylation sites (N-methyl/N-ethyl adjacent to an activating group) is 3. The van der Waals surface area contributed by atoms with Crippen LogP contribution in [-0.4, -0.2) is 137 Å². The van der Waals surface area contributed by atoms with Gasteiger partial charge in [0.1, 0.15) is 36.3 Å². The standard InChI is InChI=1S/C49H61BrF6N8O8/c1-27(2)20-34-44(68)63(8)39(22-31-26-64(37-13-10-9-12-33(31)37)25-30-15-17-32(50)18-16-30)42(66)59-35(23-48(51,52)53)45(69)61(6)29(5)47(71)72-40(14-11-19-57)43(67)60-36(24-49(54,55)56)46(70)62(7)38(21-28(3)4)41(65)58-34/h9-10,12-13,15-18,26-29,34-36,38-40H,11,14,20-25H2,1-8H3,(H,58,65)(H,59,66)(H,60,67)/t29-,34-,35-,36-,38-,39-,40+/m0/s1. The number of esters is 1. The zero-order chi connectivity index (χ0) is 54.0. The number of nitrogens with one attached hydrogen (secondary N) is 3. The number of cyclic esters (lactones) is 1. The SMILES string of the molecule is CC(C)C[C@@H]1NC(=O)[C@H](CC(C)C)N(C)C(=O)[C@H](CC(F)(F)F)NC(=O)[C@@H](CCC#N)OC(=O)[C@H](C)N(C)C(=O)[C@H](CC(F)(F)F)NC(=O)[C@H](Cc2cn(Cc3ccc(Br)cc3)c3ccccc23)N(C)C1=O. The molecule has 1 saturated heterocycles. The molecule has 0 aliphatic carbocycles. The Morgan fingerprint density at radius 1 is 0.694 bits per heavy atom. The number of hydrogen-bond acceptors (Lipinski definition) is 9. The van der Waals surface area contributed by atoms with Crippen molar-refractivity contribution in [3.63, 3.8) is 0 Å². The lowest BCUT2D eigenvalue weighted by Crippen LogP contribution is -2.60. The van der Waals surface area contributed by atoms with E-state index < -0.39 is 128 Å². The molecule has 0 bridgehead atoms. The normalized spacial score (nSPS) is 23.2. The van der Waals surface area contributed by atoms with Crippen molar-refractivity contribution in [2.45, 2.75) is 141 Å². The number of aromatic nitrogens is 1. The van der Waals surface area contributed by atoms with E-state index in [1.54, 1.807) is 58.2 Å². The van der Waals surface area contributed by atoms with Gasteiger partial charge < -0.3 is 40.0 Å². The van der Waals surface area contributed by atoms with Crippen LogP contribution in [-0.2, 0) is 51.3 Å². The van der Waals surface area contributed by atoms with Gasteiger partial charge in [-0.1, -0.05) is 74.0 Å². The summed E-state index contributed by atoms with van der Waals surface area (Å²) < 4.78 is 93.7. The van der Waals surface area contributed by atoms with Gasteiger partial charge in [0.05, 0.1) is 18.9 Å². The molecule has 3 N–H and O–H groups in total. The summed E-state index contributed by atoms with van der Waals surface area (Å²) in [6, 6.07) is 4.81. The lowest BCUT2D eigenvalue weighted by molar-refractivity contribution is -0.167. The lowest BCUT2D eigenvalue weighted by Gasteiger charge is -2.35. The van der Waals surface area contributed by atoms with E-state index in [1.807, 2.05) is 40.2 Å². The Balaban J connectivity index is 1.95. The molecule has 72 heavy (non-hydrogen) atoms. The highest BCUT2D eigenvalue weighted by atomic mass is 79.9. The van der Waals surface area contributed by atoms with E-state index in [9.17, 15) is 65.2 Å². The van der Waals surface area contributed by atoms with E-state index in [0.717, 1.165) is 36.0 Å². The number of para-hydroxylation sites is 1. The second-order valence-corrected chi connectivity index (χ2v) is 19.8. The molecule has 0 saturated carbocycles. The molecule has 16 nitrogen and oxygen atoms in total. The van der Waals surface area contributed by atoms with Crippen LogP contribution in [0, 0.1) is 23.2 Å². The number of amides is 6. The van der Waals surface area contributed by atoms with Crippen molar-refractivity contribution in [1.82, 2.24) is 35.2 Å². The minimum Gasteiger partial charge on any atom is -0.451 e. The van der Waals surface area contributed by atoms with Gasteiger partial charge in [-0.05, 0) is 60.9 Å². The predicted octanol–water partition coefficient (Wildman–Crippen LogP) is 6.18. The molecule has 2 aromatic carbocycles. The molecule has 3 aromatic rings. The first-order valence-corrected chi connectivity index (χ1v) is 24.0. The number of halogens is 7. The summed E-state index contributed by atoms with van der Waals surface area (Å²) >= 11 is 3.42. The number of nitriles is 1. The van der Waals surface area contributed by atoms with Crippen LogP contribution in [0.15, 0.2) is 59.2 Å². The monoisotopic (exact) mass is 1080 g/mol. The topological polar surface area (TPSA) is 203 Å². The lowest BCUT2D eigenvalue weighted by atomic mass is 9.97. The van der Waals surface area contributed by atoms with Gasteiger partial charge >= 0.3 is 18.3 Å². The van der Waals surface area contributed by atoms with Gasteiger partial charge in [0.25, 0.3) is 5.91 Å². The van der Waals surface area contributed by atoms with Crippen LogP contribution in [0.2, 0.25) is 0 Å². The second-order valence-electron chi connectivity index (χ2n) is 18.9. The van der Waals surface area contributed by atoms with Gasteiger partial charge in [-0.3, -0.25) is 28.8 Å². The number of rotatable bonds is 12. The van der Waals surface area contributed by atoms with E-state index in [0.29, 0.717) is 32.8 Å². The number of benzene rings is 2. The molecule has 0 radical (unpaired) electrons. The second kappa shape index (κ2) is 25.0. The largest absolute Gasteiger partial charge is 0.451 e. The van der Waals surface area contributed by atoms with E-state index in [1.165, 1.54) is 7.05 Å². The maximum absolute atomic E-state index is 14.9. The van der Waals surface area contributed by atoms with E-state index in [4.69, 9.17) is 4.74 Å². The summed E-state index contributed by atoms with van der Waals surface area (Å²) in [6.07, 6.45) is -16.2. The van der Waals surface area contributed by atoms with Crippen LogP contribution < -0.4 is 16.0 Å². The van der Waals surface area contributed by atoms with Gasteiger partial charge in [-0.15, -0.1) is 0 Å². The first-order valence-electron chi connectivity index (χ1n) is 23.2. The predicted molar refractivity (Wildman–Crippen MR) is 255 cm³/mol. The number of nitrogens with zero attached hydrogens (tertiary/aromatic N) is 5. The highest BCUT2D eigenvalue weighted by Crippen LogP contribution is 2.29. The van der Waals surface area contributed by atoms with Crippen molar-refractivity contribution < 1.29 is 64.6 Å². The Kier molecular flexibility index (Phi) is 20.3. The first-order chi connectivity index (χ1) is 33.5. The Labute approximate surface area is 422 Å². The Hall–Kier alpha value is -6.18. The summed E-state index contributed by atoms with van der Waals surface area (Å²) in [6.45, 7) is 8.09. The molecular formula is C49H61BrF6N8O8. The highest BCUT2D eigenvalue weighted by molar-refractivity contribution is 9.10. The highest BCUT2D eigenvalue weighted by Gasteiger charge is 2.45. The van der Waals surface area contributed by atoms with E-state index in [-0.39, 0.29) is 25.2 Å². The van der Waals surface area contributed by atoms with Gasteiger partial charge in [0.15, 0.2) is 6.10 Å². The number of carbonyl (C=O) groups excluding carboxylic acids is 7. The quantitative estimate of drug-likeness (QED) is 0.140. The smallest absolute Gasteiger partial charge is 0.391 e. The van der Waals surface area contributed by atoms with Crippen LogP contribution in [0.3, 0.4) is 0 Å². The summed E-state index contributed by atoms with van der Waals surface area (Å²) in [5, 5.41) is 16.7. The third kappa shape index (κ3) is 16.2. The van der Waals surface area contributed by atoms with Gasteiger partial charge in [0, 0.05) is 68.5 Å². The summed E-state index contributed by atoms with van der Waals surface area (Å²) in [5.41, 5.74) is 2.05. The molecule has 1 aliphatic heterocycles. The molecule has 0 unspecified atom stereocenters. The van der Waals surface area contributed by atoms with Crippen LogP contribution >= 0.6 is 15.9 Å². The van der Waals surface area contributed by atoms with Crippen molar-refractivity contribution in [3.8, 4) is 6.07 Å². The molecule has 1 aromatic heterocycles. The van der Waals surface area contributed by atoms with Crippen LogP contribution in [0.4, 0.5) is 26.3 Å². The van der Waals surface area contributed by atoms with Crippen molar-refractivity contribution in [1.29, 1.82) is 5.26 Å². The Bertz CT molecular complexity index is 2480. The minimum absolute atomic E-state index is 0.107. The molecule has 6 amide bonds. The average molecular weight is 1080 g/mol. The fourth-order valence-electron chi connectivity index (χ4n) is 8.33. The van der Waals surface area contributed by atoms with Crippen molar-refractivity contribution in [2.75, 3.05) is 21.1 Å². The molecule has 0 spiro atoms. The summed E-state index contributed by atoms with van der Waals surface area (Å²) in [4.78, 5) is 102. The molecule has 2 heterocycles. The third-order valence-electron chi connectivity index (χ3n) is 12.2. The molecule has 394 valence electrons. The maximum Gasteiger partial charge on any atom is 0.391 e. The fourth-order valence-corrected chi connectivity index (χ4v) is 8.60. The van der Waals surface area contributed by atoms with Gasteiger partial charge in [0.2, 0.25) is 29.5 Å².